The summed E-state index contributed by atoms with van der Waals surface area (Å²) in [6, 6.07) is 2.18. The van der Waals surface area contributed by atoms with Gasteiger partial charge < -0.3 is 10.1 Å². The fourth-order valence-corrected chi connectivity index (χ4v) is 11.2. The van der Waals surface area contributed by atoms with Crippen LogP contribution in [0.15, 0.2) is 11.6 Å². The Hall–Kier alpha value is -2.21. The Kier molecular flexibility index (Phi) is 5.88. The van der Waals surface area contributed by atoms with Gasteiger partial charge in [0.05, 0.1) is 5.41 Å². The van der Waals surface area contributed by atoms with Gasteiger partial charge in [-0.05, 0) is 79.1 Å². The molecule has 5 fully saturated rings. The van der Waals surface area contributed by atoms with Gasteiger partial charge >= 0.3 is 6.18 Å². The molecule has 9 heteroatoms. The molecule has 0 aromatic heterocycles. The van der Waals surface area contributed by atoms with Gasteiger partial charge in [0.25, 0.3) is 0 Å². The Labute approximate surface area is 246 Å². The lowest BCUT2D eigenvalue weighted by molar-refractivity contribution is -0.183. The number of nitrogens with one attached hydrogen (secondary N) is 1. The number of hydrogen-bond donors (Lipinski definition) is 1. The lowest BCUT2D eigenvalue weighted by atomic mass is 9.33. The molecule has 0 aromatic rings. The molecule has 42 heavy (non-hydrogen) atoms. The van der Waals surface area contributed by atoms with Crippen molar-refractivity contribution in [2.45, 2.75) is 111 Å². The highest BCUT2D eigenvalue weighted by molar-refractivity contribution is 6.01. The Morgan fingerprint density at radius 1 is 1.05 bits per heavy atom. The zero-order chi connectivity index (χ0) is 31.1. The summed E-state index contributed by atoms with van der Waals surface area (Å²) in [5.74, 6) is -1.86. The van der Waals surface area contributed by atoms with Crippen LogP contribution < -0.4 is 5.32 Å². The first-order valence-electron chi connectivity index (χ1n) is 15.4. The first-order valence-corrected chi connectivity index (χ1v) is 15.4. The van der Waals surface area contributed by atoms with Crippen molar-refractivity contribution in [2.24, 2.45) is 50.2 Å². The monoisotopic (exact) mass is 588 g/mol. The number of fused-ring (bicyclic) bond motifs is 9. The predicted molar refractivity (Wildman–Crippen MR) is 147 cm³/mol. The molecule has 0 bridgehead atoms. The largest absolute Gasteiger partial charge is 0.405 e. The van der Waals surface area contributed by atoms with Crippen LogP contribution in [0.5, 0.6) is 0 Å². The van der Waals surface area contributed by atoms with Gasteiger partial charge in [0.2, 0.25) is 11.5 Å². The van der Waals surface area contributed by atoms with Crippen LogP contribution in [0.2, 0.25) is 0 Å². The van der Waals surface area contributed by atoms with Crippen LogP contribution >= 0.6 is 0 Å². The molecule has 230 valence electrons. The number of hydrogen-bond acceptors (Lipinski definition) is 5. The number of ketones is 2. The standard InChI is InChI=1S/C33H43F3N2O4/c1-26(2)10-12-31(25(41)38-17-33(34,35)36)13-11-29(6)22(18(31)15-26)19(39)14-21-28(29,5)9-8-20-27(3,4)23(40)32(16-37)24(42-32)30(20,21)7/h14,18,20,22,24H,8-13,15,17H2,1-7H3,(H,38,41)/t18?,20-,22?,24-,28+,29+,30-,31-,32+/m0/s1. The van der Waals surface area contributed by atoms with Crippen molar-refractivity contribution in [1.82, 2.24) is 5.32 Å². The number of halogens is 3. The van der Waals surface area contributed by atoms with Gasteiger partial charge in [-0.1, -0.05) is 54.0 Å². The van der Waals surface area contributed by atoms with Gasteiger partial charge in [-0.15, -0.1) is 0 Å². The number of amides is 1. The lowest BCUT2D eigenvalue weighted by Gasteiger charge is -2.69. The van der Waals surface area contributed by atoms with Crippen LogP contribution in [0.4, 0.5) is 13.2 Å². The van der Waals surface area contributed by atoms with Crippen molar-refractivity contribution < 1.29 is 32.3 Å². The number of nitriles is 1. The molecular weight excluding hydrogens is 545 g/mol. The maximum absolute atomic E-state index is 14.5. The highest BCUT2D eigenvalue weighted by atomic mass is 19.4. The Balaban J connectivity index is 1.47. The van der Waals surface area contributed by atoms with Crippen LogP contribution in [0, 0.1) is 61.6 Å². The van der Waals surface area contributed by atoms with E-state index in [0.29, 0.717) is 32.1 Å². The normalized spacial score (nSPS) is 48.3. The molecule has 6 aliphatic rings. The average molecular weight is 589 g/mol. The molecule has 1 N–H and O–H groups in total. The van der Waals surface area contributed by atoms with Gasteiger partial charge in [-0.3, -0.25) is 14.4 Å². The van der Waals surface area contributed by atoms with Crippen molar-refractivity contribution in [3.05, 3.63) is 11.6 Å². The third-order valence-corrected chi connectivity index (χ3v) is 13.6. The van der Waals surface area contributed by atoms with Crippen molar-refractivity contribution in [3.63, 3.8) is 0 Å². The molecule has 1 aliphatic heterocycles. The maximum Gasteiger partial charge on any atom is 0.405 e. The van der Waals surface area contributed by atoms with E-state index in [-0.39, 0.29) is 28.8 Å². The highest BCUT2D eigenvalue weighted by Crippen LogP contribution is 2.77. The Morgan fingerprint density at radius 2 is 1.69 bits per heavy atom. The summed E-state index contributed by atoms with van der Waals surface area (Å²) in [7, 11) is 0. The van der Waals surface area contributed by atoms with E-state index in [0.717, 1.165) is 18.4 Å². The zero-order valence-corrected chi connectivity index (χ0v) is 25.8. The molecule has 6 rings (SSSR count). The van der Waals surface area contributed by atoms with Crippen molar-refractivity contribution >= 4 is 17.5 Å². The van der Waals surface area contributed by atoms with Gasteiger partial charge in [0.1, 0.15) is 18.7 Å². The number of ether oxygens (including phenoxy) is 1. The predicted octanol–water partition coefficient (Wildman–Crippen LogP) is 6.10. The molecule has 4 saturated carbocycles. The van der Waals surface area contributed by atoms with E-state index in [4.69, 9.17) is 4.74 Å². The van der Waals surface area contributed by atoms with E-state index in [9.17, 15) is 32.8 Å². The molecule has 2 unspecified atom stereocenters. The minimum atomic E-state index is -4.52. The van der Waals surface area contributed by atoms with Crippen LogP contribution in [0.25, 0.3) is 0 Å². The summed E-state index contributed by atoms with van der Waals surface area (Å²) in [5.41, 5.74) is -4.28. The van der Waals surface area contributed by atoms with E-state index >= 15 is 0 Å². The van der Waals surface area contributed by atoms with Crippen LogP contribution in [-0.2, 0) is 19.1 Å². The van der Waals surface area contributed by atoms with Gasteiger partial charge in [-0.2, -0.15) is 18.4 Å². The fraction of sp³-hybridized carbons (Fsp3) is 0.818. The summed E-state index contributed by atoms with van der Waals surface area (Å²) in [4.78, 5) is 41.8. The van der Waals surface area contributed by atoms with Gasteiger partial charge in [-0.25, -0.2) is 0 Å². The first-order chi connectivity index (χ1) is 19.2. The highest BCUT2D eigenvalue weighted by Gasteiger charge is 2.82. The van der Waals surface area contributed by atoms with Crippen molar-refractivity contribution in [3.8, 4) is 6.07 Å². The van der Waals surface area contributed by atoms with E-state index in [2.05, 4.69) is 46.0 Å². The van der Waals surface area contributed by atoms with Crippen molar-refractivity contribution in [1.29, 1.82) is 5.26 Å². The van der Waals surface area contributed by atoms with E-state index in [1.165, 1.54) is 0 Å². The second-order valence-corrected chi connectivity index (χ2v) is 16.4. The van der Waals surface area contributed by atoms with E-state index in [1.807, 2.05) is 13.8 Å². The number of carbonyl (C=O) groups is 3. The fourth-order valence-electron chi connectivity index (χ4n) is 11.2. The smallest absolute Gasteiger partial charge is 0.346 e. The quantitative estimate of drug-likeness (QED) is 0.393. The number of alkyl halides is 3. The molecule has 6 nitrogen and oxygen atoms in total. The van der Waals surface area contributed by atoms with Gasteiger partial charge in [0, 0.05) is 16.7 Å². The third kappa shape index (κ3) is 3.45. The SMILES string of the molecule is CC1(C)CC[C@]2(C(=O)NCC(F)(F)F)CC[C@]3(C)C(C(=O)C=C4[C@]5(C)[C@@H](CC[C@]43C)C(C)(C)C(=O)[C@@]3(C#N)O[C@@H]53)C2C1. The minimum absolute atomic E-state index is 0.0832. The maximum atomic E-state index is 14.5. The second-order valence-electron chi connectivity index (χ2n) is 16.4. The molecular formula is C33H43F3N2O4. The molecule has 1 heterocycles. The molecule has 5 aliphatic carbocycles. The molecule has 9 atom stereocenters. The van der Waals surface area contributed by atoms with Crippen molar-refractivity contribution in [2.75, 3.05) is 6.54 Å². The van der Waals surface area contributed by atoms with Gasteiger partial charge in [0.15, 0.2) is 11.6 Å². The number of carbonyl (C=O) groups excluding carboxylic acids is 3. The Morgan fingerprint density at radius 3 is 2.31 bits per heavy atom. The van der Waals surface area contributed by atoms with Crippen LogP contribution in [0.1, 0.15) is 93.4 Å². The summed E-state index contributed by atoms with van der Waals surface area (Å²) in [6.45, 7) is 13.1. The first kappa shape index (κ1) is 29.8. The number of epoxide rings is 1. The summed E-state index contributed by atoms with van der Waals surface area (Å²) >= 11 is 0. The summed E-state index contributed by atoms with van der Waals surface area (Å²) < 4.78 is 45.5. The average Bonchev–Trinajstić information content (AvgIpc) is 3.64. The van der Waals surface area contributed by atoms with Crippen LogP contribution in [-0.4, -0.2) is 41.9 Å². The van der Waals surface area contributed by atoms with E-state index < -0.39 is 63.3 Å². The Bertz CT molecular complexity index is 1360. The van der Waals surface area contributed by atoms with E-state index in [1.54, 1.807) is 6.08 Å². The third-order valence-electron chi connectivity index (χ3n) is 13.6. The number of nitrogens with zero attached hydrogens (tertiary/aromatic N) is 1. The minimum Gasteiger partial charge on any atom is -0.346 e. The number of Topliss-reactive ketones (excluding diaryl/α,β-unsaturated/α-hetero) is 1. The molecule has 0 aromatic carbocycles. The molecule has 1 saturated heterocycles. The lowest BCUT2D eigenvalue weighted by Crippen LogP contribution is -2.68. The summed E-state index contributed by atoms with van der Waals surface area (Å²) in [6.07, 6.45) is 0.788. The second kappa shape index (κ2) is 8.28. The molecule has 0 radical (unpaired) electrons. The number of rotatable bonds is 2. The molecule has 1 amide bonds. The summed E-state index contributed by atoms with van der Waals surface area (Å²) in [5, 5.41) is 12.3. The van der Waals surface area contributed by atoms with Crippen LogP contribution in [0.3, 0.4) is 0 Å². The number of allylic oxidation sites excluding steroid dienone is 1. The topological polar surface area (TPSA) is 99.6 Å². The molecule has 0 spiro atoms. The zero-order valence-electron chi connectivity index (χ0n) is 25.8.